The summed E-state index contributed by atoms with van der Waals surface area (Å²) in [5, 5.41) is 0. The highest BCUT2D eigenvalue weighted by molar-refractivity contribution is 5.77. The van der Waals surface area contributed by atoms with Crippen LogP contribution >= 0.6 is 0 Å². The molecule has 132 valence electrons. The van der Waals surface area contributed by atoms with Crippen LogP contribution in [0.5, 0.6) is 5.88 Å². The average molecular weight is 333 g/mol. The number of methoxy groups -OCH3 is 1. The fourth-order valence-corrected chi connectivity index (χ4v) is 3.95. The number of amides is 1. The average Bonchev–Trinajstić information content (AvgIpc) is 2.94. The van der Waals surface area contributed by atoms with Crippen LogP contribution in [0, 0.1) is 0 Å². The van der Waals surface area contributed by atoms with Crippen molar-refractivity contribution in [1.82, 2.24) is 14.8 Å². The Morgan fingerprint density at radius 1 is 1.42 bits per heavy atom. The molecule has 1 amide bonds. The predicted octanol–water partition coefficient (Wildman–Crippen LogP) is 1.56. The SMILES string of the molecule is CO[C@@]12CC[C@@H](Oc3ccccn3)C[C@@H]1N(CC(=O)N(C)C)CC2. The molecule has 1 aliphatic carbocycles. The van der Waals surface area contributed by atoms with Crippen LogP contribution in [0.2, 0.25) is 0 Å². The highest BCUT2D eigenvalue weighted by atomic mass is 16.5. The number of hydrogen-bond donors (Lipinski definition) is 0. The lowest BCUT2D eigenvalue weighted by atomic mass is 9.79. The van der Waals surface area contributed by atoms with Gasteiger partial charge in [0.1, 0.15) is 6.10 Å². The molecule has 3 atom stereocenters. The molecule has 0 aromatic carbocycles. The summed E-state index contributed by atoms with van der Waals surface area (Å²) < 4.78 is 12.0. The van der Waals surface area contributed by atoms with Crippen LogP contribution in [0.3, 0.4) is 0 Å². The van der Waals surface area contributed by atoms with E-state index in [0.29, 0.717) is 12.4 Å². The first-order valence-electron chi connectivity index (χ1n) is 8.61. The summed E-state index contributed by atoms with van der Waals surface area (Å²) in [4.78, 5) is 20.3. The second kappa shape index (κ2) is 7.07. The molecule has 2 fully saturated rings. The third-order valence-corrected chi connectivity index (χ3v) is 5.41. The molecule has 0 N–H and O–H groups in total. The molecule has 1 aliphatic heterocycles. The van der Waals surface area contributed by atoms with Gasteiger partial charge in [0, 0.05) is 52.5 Å². The van der Waals surface area contributed by atoms with Crippen LogP contribution in [0.15, 0.2) is 24.4 Å². The summed E-state index contributed by atoms with van der Waals surface area (Å²) in [6.07, 6.45) is 5.61. The Morgan fingerprint density at radius 2 is 2.25 bits per heavy atom. The fourth-order valence-electron chi connectivity index (χ4n) is 3.95. The first-order chi connectivity index (χ1) is 11.5. The first-order valence-corrected chi connectivity index (χ1v) is 8.61. The van der Waals surface area contributed by atoms with E-state index in [2.05, 4.69) is 9.88 Å². The molecule has 1 aromatic heterocycles. The number of likely N-dealkylation sites (tertiary alicyclic amines) is 1. The number of hydrogen-bond acceptors (Lipinski definition) is 5. The maximum absolute atomic E-state index is 12.1. The van der Waals surface area contributed by atoms with Gasteiger partial charge in [-0.25, -0.2) is 4.98 Å². The molecule has 24 heavy (non-hydrogen) atoms. The number of fused-ring (bicyclic) bond motifs is 1. The van der Waals surface area contributed by atoms with Gasteiger partial charge in [0.25, 0.3) is 0 Å². The molecule has 1 saturated carbocycles. The molecule has 1 saturated heterocycles. The fraction of sp³-hybridized carbons (Fsp3) is 0.667. The Balaban J connectivity index is 1.70. The Hall–Kier alpha value is -1.66. The minimum atomic E-state index is -0.142. The Labute approximate surface area is 143 Å². The first kappa shape index (κ1) is 17.2. The van der Waals surface area contributed by atoms with Gasteiger partial charge in [0.05, 0.1) is 12.1 Å². The molecule has 3 rings (SSSR count). The van der Waals surface area contributed by atoms with Crippen molar-refractivity contribution in [2.45, 2.75) is 43.4 Å². The number of nitrogens with zero attached hydrogens (tertiary/aromatic N) is 3. The van der Waals surface area contributed by atoms with Crippen LogP contribution in [-0.4, -0.2) is 72.7 Å². The van der Waals surface area contributed by atoms with Gasteiger partial charge in [-0.2, -0.15) is 0 Å². The van der Waals surface area contributed by atoms with Gasteiger partial charge in [0.15, 0.2) is 0 Å². The van der Waals surface area contributed by atoms with E-state index in [1.54, 1.807) is 32.3 Å². The van der Waals surface area contributed by atoms with Crippen molar-refractivity contribution in [1.29, 1.82) is 0 Å². The maximum atomic E-state index is 12.1. The minimum Gasteiger partial charge on any atom is -0.474 e. The lowest BCUT2D eigenvalue weighted by molar-refractivity contribution is -0.132. The second-order valence-corrected chi connectivity index (χ2v) is 6.98. The highest BCUT2D eigenvalue weighted by Crippen LogP contribution is 2.43. The van der Waals surface area contributed by atoms with Gasteiger partial charge in [0.2, 0.25) is 11.8 Å². The second-order valence-electron chi connectivity index (χ2n) is 6.98. The molecular weight excluding hydrogens is 306 g/mol. The summed E-state index contributed by atoms with van der Waals surface area (Å²) in [7, 11) is 5.40. The van der Waals surface area contributed by atoms with Gasteiger partial charge in [-0.3, -0.25) is 9.69 Å². The summed E-state index contributed by atoms with van der Waals surface area (Å²) in [5.41, 5.74) is -0.142. The molecule has 0 unspecified atom stereocenters. The van der Waals surface area contributed by atoms with Crippen LogP contribution in [0.25, 0.3) is 0 Å². The smallest absolute Gasteiger partial charge is 0.236 e. The third-order valence-electron chi connectivity index (χ3n) is 5.41. The normalized spacial score (nSPS) is 30.0. The van der Waals surface area contributed by atoms with Crippen molar-refractivity contribution in [3.05, 3.63) is 24.4 Å². The number of likely N-dealkylation sites (N-methyl/N-ethyl adjacent to an activating group) is 1. The molecule has 6 nitrogen and oxygen atoms in total. The number of pyridine rings is 1. The van der Waals surface area contributed by atoms with Crippen LogP contribution in [0.4, 0.5) is 0 Å². The number of ether oxygens (including phenoxy) is 2. The zero-order valence-corrected chi connectivity index (χ0v) is 14.8. The van der Waals surface area contributed by atoms with E-state index < -0.39 is 0 Å². The minimum absolute atomic E-state index is 0.114. The molecule has 6 heteroatoms. The van der Waals surface area contributed by atoms with E-state index in [0.717, 1.165) is 32.2 Å². The van der Waals surface area contributed by atoms with Gasteiger partial charge in [-0.1, -0.05) is 6.07 Å². The monoisotopic (exact) mass is 333 g/mol. The van der Waals surface area contributed by atoms with E-state index in [1.807, 2.05) is 18.2 Å². The van der Waals surface area contributed by atoms with Crippen molar-refractivity contribution < 1.29 is 14.3 Å². The van der Waals surface area contributed by atoms with Gasteiger partial charge < -0.3 is 14.4 Å². The number of carbonyl (C=O) groups excluding carboxylic acids is 1. The van der Waals surface area contributed by atoms with E-state index in [9.17, 15) is 4.79 Å². The molecule has 0 spiro atoms. The van der Waals surface area contributed by atoms with Gasteiger partial charge in [-0.05, 0) is 25.3 Å². The molecular formula is C18H27N3O3. The Bertz CT molecular complexity index is 566. The number of aromatic nitrogens is 1. The van der Waals surface area contributed by atoms with Crippen molar-refractivity contribution in [2.75, 3.05) is 34.3 Å². The summed E-state index contributed by atoms with van der Waals surface area (Å²) in [6, 6.07) is 5.92. The summed E-state index contributed by atoms with van der Waals surface area (Å²) >= 11 is 0. The third kappa shape index (κ3) is 3.39. The van der Waals surface area contributed by atoms with Crippen LogP contribution < -0.4 is 4.74 Å². The number of rotatable bonds is 5. The zero-order chi connectivity index (χ0) is 17.2. The Morgan fingerprint density at radius 3 is 2.92 bits per heavy atom. The molecule has 1 aromatic rings. The van der Waals surface area contributed by atoms with E-state index >= 15 is 0 Å². The van der Waals surface area contributed by atoms with Gasteiger partial charge >= 0.3 is 0 Å². The van der Waals surface area contributed by atoms with Gasteiger partial charge in [-0.15, -0.1) is 0 Å². The van der Waals surface area contributed by atoms with Crippen molar-refractivity contribution in [3.63, 3.8) is 0 Å². The van der Waals surface area contributed by atoms with E-state index in [4.69, 9.17) is 9.47 Å². The Kier molecular flexibility index (Phi) is 5.06. The van der Waals surface area contributed by atoms with Crippen molar-refractivity contribution in [2.24, 2.45) is 0 Å². The number of carbonyl (C=O) groups is 1. The topological polar surface area (TPSA) is 54.9 Å². The largest absolute Gasteiger partial charge is 0.474 e. The van der Waals surface area contributed by atoms with E-state index in [-0.39, 0.29) is 23.7 Å². The molecule has 0 bridgehead atoms. The summed E-state index contributed by atoms with van der Waals surface area (Å²) in [5.74, 6) is 0.802. The quantitative estimate of drug-likeness (QED) is 0.818. The van der Waals surface area contributed by atoms with Crippen LogP contribution in [-0.2, 0) is 9.53 Å². The predicted molar refractivity (Wildman–Crippen MR) is 90.9 cm³/mol. The highest BCUT2D eigenvalue weighted by Gasteiger charge is 2.51. The maximum Gasteiger partial charge on any atom is 0.236 e. The molecule has 0 radical (unpaired) electrons. The van der Waals surface area contributed by atoms with Crippen molar-refractivity contribution in [3.8, 4) is 5.88 Å². The molecule has 2 heterocycles. The molecule has 2 aliphatic rings. The van der Waals surface area contributed by atoms with Crippen LogP contribution in [0.1, 0.15) is 25.7 Å². The standard InChI is InChI=1S/C18H27N3O3/c1-20(2)17(22)13-21-11-9-18(23-3)8-7-14(12-15(18)21)24-16-6-4-5-10-19-16/h4-6,10,14-15H,7-9,11-13H2,1-3H3/t14-,15+,18-/m1/s1. The lowest BCUT2D eigenvalue weighted by Gasteiger charge is -2.43. The van der Waals surface area contributed by atoms with E-state index in [1.165, 1.54) is 0 Å². The van der Waals surface area contributed by atoms with Crippen molar-refractivity contribution >= 4 is 5.91 Å². The lowest BCUT2D eigenvalue weighted by Crippen LogP contribution is -2.53. The summed E-state index contributed by atoms with van der Waals surface area (Å²) in [6.45, 7) is 1.34. The zero-order valence-electron chi connectivity index (χ0n) is 14.8.